The average molecular weight is 531 g/mol. The molecule has 3 aromatic carbocycles. The first kappa shape index (κ1) is 29.0. The normalized spacial score (nSPS) is 11.9. The van der Waals surface area contributed by atoms with Gasteiger partial charge in [0.1, 0.15) is 19.8 Å². The molecule has 204 valence electrons. The molecule has 1 atom stereocenters. The molecule has 0 aliphatic rings. The molecule has 2 amide bonds. The Morgan fingerprint density at radius 1 is 0.667 bits per heavy atom. The summed E-state index contributed by atoms with van der Waals surface area (Å²) in [6.45, 7) is 4.40. The summed E-state index contributed by atoms with van der Waals surface area (Å²) in [6.07, 6.45) is 1.28. The van der Waals surface area contributed by atoms with Crippen LogP contribution in [0.2, 0.25) is 0 Å². The largest absolute Gasteiger partial charge is 0.459 e. The minimum absolute atomic E-state index is 0.0464. The van der Waals surface area contributed by atoms with Gasteiger partial charge in [-0.05, 0) is 36.0 Å². The number of unbranched alkanes of at least 4 members (excludes halogenated alkanes) is 1. The number of amides is 2. The van der Waals surface area contributed by atoms with Crippen LogP contribution in [0, 0.1) is 0 Å². The maximum atomic E-state index is 13.2. The Balaban J connectivity index is 1.53. The lowest BCUT2D eigenvalue weighted by atomic mass is 9.92. The lowest BCUT2D eigenvalue weighted by Crippen LogP contribution is -2.54. The van der Waals surface area contributed by atoms with Crippen LogP contribution in [-0.4, -0.2) is 30.2 Å². The van der Waals surface area contributed by atoms with Gasteiger partial charge in [0.15, 0.2) is 5.54 Å². The van der Waals surface area contributed by atoms with E-state index in [1.807, 2.05) is 91.0 Å². The molecule has 8 nitrogen and oxygen atoms in total. The Morgan fingerprint density at radius 3 is 1.62 bits per heavy atom. The molecule has 3 rings (SSSR count). The second kappa shape index (κ2) is 15.6. The molecular weight excluding hydrogens is 496 g/mol. The lowest BCUT2D eigenvalue weighted by Gasteiger charge is -2.29. The topological polar surface area (TPSA) is 103 Å². The molecular formula is C31H34N2O6. The van der Waals surface area contributed by atoms with Crippen LogP contribution in [0.5, 0.6) is 0 Å². The molecule has 0 radical (unpaired) electrons. The number of benzene rings is 3. The van der Waals surface area contributed by atoms with E-state index in [9.17, 15) is 14.4 Å². The fraction of sp³-hybridized carbons (Fsp3) is 0.258. The van der Waals surface area contributed by atoms with E-state index in [2.05, 4.69) is 17.2 Å². The third kappa shape index (κ3) is 10.0. The van der Waals surface area contributed by atoms with Crippen LogP contribution in [0.25, 0.3) is 0 Å². The second-order valence-electron chi connectivity index (χ2n) is 8.87. The van der Waals surface area contributed by atoms with Crippen molar-refractivity contribution in [3.63, 3.8) is 0 Å². The van der Waals surface area contributed by atoms with Crippen LogP contribution in [0.1, 0.15) is 36.0 Å². The predicted molar refractivity (Wildman–Crippen MR) is 147 cm³/mol. The van der Waals surface area contributed by atoms with Crippen molar-refractivity contribution >= 4 is 18.2 Å². The van der Waals surface area contributed by atoms with Crippen LogP contribution in [-0.2, 0) is 38.8 Å². The zero-order valence-corrected chi connectivity index (χ0v) is 21.8. The van der Waals surface area contributed by atoms with Gasteiger partial charge in [0, 0.05) is 6.54 Å². The van der Waals surface area contributed by atoms with Gasteiger partial charge in [0.05, 0.1) is 0 Å². The highest BCUT2D eigenvalue weighted by Gasteiger charge is 2.39. The molecule has 8 heteroatoms. The molecule has 0 heterocycles. The third-order valence-corrected chi connectivity index (χ3v) is 5.94. The van der Waals surface area contributed by atoms with Crippen LogP contribution in [0.4, 0.5) is 9.59 Å². The minimum atomic E-state index is -1.50. The van der Waals surface area contributed by atoms with Gasteiger partial charge in [-0.25, -0.2) is 14.4 Å². The Morgan fingerprint density at radius 2 is 1.13 bits per heavy atom. The molecule has 0 aliphatic carbocycles. The van der Waals surface area contributed by atoms with Crippen molar-refractivity contribution in [2.24, 2.45) is 0 Å². The third-order valence-electron chi connectivity index (χ3n) is 5.94. The first-order valence-electron chi connectivity index (χ1n) is 12.8. The van der Waals surface area contributed by atoms with Gasteiger partial charge in [-0.3, -0.25) is 0 Å². The summed E-state index contributed by atoms with van der Waals surface area (Å²) in [4.78, 5) is 37.9. The highest BCUT2D eigenvalue weighted by Crippen LogP contribution is 2.20. The van der Waals surface area contributed by atoms with Crippen molar-refractivity contribution in [3.05, 3.63) is 120 Å². The van der Waals surface area contributed by atoms with Crippen LogP contribution < -0.4 is 10.6 Å². The quantitative estimate of drug-likeness (QED) is 0.120. The highest BCUT2D eigenvalue weighted by molar-refractivity contribution is 5.88. The molecule has 2 N–H and O–H groups in total. The number of carbonyl (C=O) groups is 3. The predicted octanol–water partition coefficient (Wildman–Crippen LogP) is 5.68. The van der Waals surface area contributed by atoms with Gasteiger partial charge in [-0.1, -0.05) is 97.1 Å². The van der Waals surface area contributed by atoms with Crippen molar-refractivity contribution < 1.29 is 28.6 Å². The van der Waals surface area contributed by atoms with Crippen molar-refractivity contribution in [2.45, 2.75) is 44.6 Å². The van der Waals surface area contributed by atoms with Gasteiger partial charge in [0.2, 0.25) is 0 Å². The highest BCUT2D eigenvalue weighted by atomic mass is 16.6. The molecule has 3 aromatic rings. The minimum Gasteiger partial charge on any atom is -0.459 e. The molecule has 1 unspecified atom stereocenters. The number of nitrogens with one attached hydrogen (secondary N) is 2. The first-order valence-corrected chi connectivity index (χ1v) is 12.8. The number of hydrogen-bond acceptors (Lipinski definition) is 6. The number of hydrogen-bond donors (Lipinski definition) is 2. The molecule has 0 aliphatic heterocycles. The lowest BCUT2D eigenvalue weighted by molar-refractivity contribution is -0.151. The van der Waals surface area contributed by atoms with Gasteiger partial charge in [-0.2, -0.15) is 0 Å². The number of esters is 1. The monoisotopic (exact) mass is 530 g/mol. The molecule has 0 saturated heterocycles. The number of ether oxygens (including phenoxy) is 3. The first-order chi connectivity index (χ1) is 19.0. The van der Waals surface area contributed by atoms with Crippen molar-refractivity contribution in [1.82, 2.24) is 10.6 Å². The maximum Gasteiger partial charge on any atom is 0.408 e. The number of rotatable bonds is 14. The van der Waals surface area contributed by atoms with Crippen LogP contribution in [0.3, 0.4) is 0 Å². The molecule has 0 spiro atoms. The Labute approximate surface area is 229 Å². The van der Waals surface area contributed by atoms with E-state index < -0.39 is 23.7 Å². The summed E-state index contributed by atoms with van der Waals surface area (Å²) < 4.78 is 16.1. The van der Waals surface area contributed by atoms with E-state index in [0.29, 0.717) is 19.4 Å². The standard InChI is InChI=1S/C31H34N2O6/c1-2-31(28(34)37-22-25-14-6-3-7-15-25,33-30(36)39-24-27-18-10-5-11-19-27)20-12-13-21-32-29(35)38-23-26-16-8-4-9-17-26/h2-11,14-19H,1,12-13,20-24H2,(H,32,35)(H,33,36). The van der Waals surface area contributed by atoms with Gasteiger partial charge >= 0.3 is 18.2 Å². The number of carbonyl (C=O) groups excluding carboxylic acids is 3. The summed E-state index contributed by atoms with van der Waals surface area (Å²) in [6, 6.07) is 27.9. The zero-order chi connectivity index (χ0) is 27.8. The summed E-state index contributed by atoms with van der Waals surface area (Å²) in [7, 11) is 0. The van der Waals surface area contributed by atoms with E-state index in [0.717, 1.165) is 16.7 Å². The Bertz CT molecular complexity index is 1190. The van der Waals surface area contributed by atoms with Gasteiger partial charge < -0.3 is 24.8 Å². The fourth-order valence-electron chi connectivity index (χ4n) is 3.74. The summed E-state index contributed by atoms with van der Waals surface area (Å²) in [5.41, 5.74) is 1.01. The van der Waals surface area contributed by atoms with E-state index in [1.54, 1.807) is 0 Å². The van der Waals surface area contributed by atoms with Crippen molar-refractivity contribution in [3.8, 4) is 0 Å². The van der Waals surface area contributed by atoms with Crippen molar-refractivity contribution in [2.75, 3.05) is 6.54 Å². The van der Waals surface area contributed by atoms with E-state index in [-0.39, 0.29) is 26.2 Å². The van der Waals surface area contributed by atoms with Crippen LogP contribution in [0.15, 0.2) is 104 Å². The summed E-state index contributed by atoms with van der Waals surface area (Å²) in [5.74, 6) is -0.645. The van der Waals surface area contributed by atoms with Gasteiger partial charge in [-0.15, -0.1) is 6.58 Å². The van der Waals surface area contributed by atoms with E-state index in [4.69, 9.17) is 14.2 Å². The second-order valence-corrected chi connectivity index (χ2v) is 8.87. The number of alkyl carbamates (subject to hydrolysis) is 2. The fourth-order valence-corrected chi connectivity index (χ4v) is 3.74. The molecule has 0 bridgehead atoms. The zero-order valence-electron chi connectivity index (χ0n) is 21.8. The van der Waals surface area contributed by atoms with E-state index >= 15 is 0 Å². The van der Waals surface area contributed by atoms with E-state index in [1.165, 1.54) is 6.08 Å². The van der Waals surface area contributed by atoms with Crippen molar-refractivity contribution in [1.29, 1.82) is 0 Å². The molecule has 0 saturated carbocycles. The maximum absolute atomic E-state index is 13.2. The Kier molecular flexibility index (Phi) is 11.6. The molecule has 0 fully saturated rings. The van der Waals surface area contributed by atoms with Gasteiger partial charge in [0.25, 0.3) is 0 Å². The smallest absolute Gasteiger partial charge is 0.408 e. The molecule has 39 heavy (non-hydrogen) atoms. The SMILES string of the molecule is C=CC(CCCCNC(=O)OCc1ccccc1)(NC(=O)OCc1ccccc1)C(=O)OCc1ccccc1. The van der Waals surface area contributed by atoms with Crippen LogP contribution >= 0.6 is 0 Å². The summed E-state index contributed by atoms with van der Waals surface area (Å²) in [5, 5.41) is 5.36. The molecule has 0 aromatic heterocycles. The Hall–Kier alpha value is -4.59. The summed E-state index contributed by atoms with van der Waals surface area (Å²) >= 11 is 0. The average Bonchev–Trinajstić information content (AvgIpc) is 2.98.